The molecule has 190 valence electrons. The minimum Gasteiger partial charge on any atom is -0.378 e. The highest BCUT2D eigenvalue weighted by Gasteiger charge is 2.52. The molecule has 4 rings (SSSR count). The highest BCUT2D eigenvalue weighted by Crippen LogP contribution is 2.32. The van der Waals surface area contributed by atoms with Crippen LogP contribution in [-0.4, -0.2) is 78.6 Å². The smallest absolute Gasteiger partial charge is 0.254 e. The predicted octanol–water partition coefficient (Wildman–Crippen LogP) is 2.59. The van der Waals surface area contributed by atoms with Gasteiger partial charge in [-0.25, -0.2) is 0 Å². The zero-order chi connectivity index (χ0) is 26.0. The number of amides is 3. The van der Waals surface area contributed by atoms with Crippen LogP contribution in [0.25, 0.3) is 0 Å². The fourth-order valence-electron chi connectivity index (χ4n) is 5.13. The van der Waals surface area contributed by atoms with Crippen LogP contribution in [0.5, 0.6) is 0 Å². The first-order valence-corrected chi connectivity index (χ1v) is 12.4. The highest BCUT2D eigenvalue weighted by molar-refractivity contribution is 6.03. The Labute approximate surface area is 212 Å². The van der Waals surface area contributed by atoms with Gasteiger partial charge in [0.05, 0.1) is 12.6 Å². The van der Waals surface area contributed by atoms with Crippen molar-refractivity contribution in [2.24, 2.45) is 5.92 Å². The Hall–Kier alpha value is -3.68. The summed E-state index contributed by atoms with van der Waals surface area (Å²) in [6, 6.07) is 14.3. The summed E-state index contributed by atoms with van der Waals surface area (Å²) in [6.45, 7) is 4.35. The van der Waals surface area contributed by atoms with Gasteiger partial charge in [0.15, 0.2) is 5.78 Å². The quantitative estimate of drug-likeness (QED) is 0.645. The van der Waals surface area contributed by atoms with E-state index in [1.54, 1.807) is 46.2 Å². The minimum absolute atomic E-state index is 0.00767. The normalized spacial score (nSPS) is 19.9. The van der Waals surface area contributed by atoms with Crippen LogP contribution >= 0.6 is 0 Å². The van der Waals surface area contributed by atoms with E-state index >= 15 is 0 Å². The summed E-state index contributed by atoms with van der Waals surface area (Å²) in [5.41, 5.74) is 1.97. The number of hydrogen-bond donors (Lipinski definition) is 1. The zero-order valence-corrected chi connectivity index (χ0v) is 21.3. The van der Waals surface area contributed by atoms with Crippen LogP contribution in [0, 0.1) is 5.92 Å². The number of rotatable bonds is 7. The molecule has 0 aliphatic carbocycles. The molecule has 2 heterocycles. The summed E-state index contributed by atoms with van der Waals surface area (Å²) in [4.78, 5) is 57.9. The Morgan fingerprint density at radius 1 is 0.972 bits per heavy atom. The van der Waals surface area contributed by atoms with Gasteiger partial charge in [-0.05, 0) is 55.2 Å². The first kappa shape index (κ1) is 25.4. The molecule has 8 heteroatoms. The van der Waals surface area contributed by atoms with Crippen molar-refractivity contribution in [1.82, 2.24) is 15.1 Å². The predicted molar refractivity (Wildman–Crippen MR) is 138 cm³/mol. The molecule has 8 nitrogen and oxygen atoms in total. The fourth-order valence-corrected chi connectivity index (χ4v) is 5.13. The Morgan fingerprint density at radius 3 is 2.25 bits per heavy atom. The number of hydrogen-bond acceptors (Lipinski definition) is 5. The molecule has 0 bridgehead atoms. The van der Waals surface area contributed by atoms with E-state index < -0.39 is 12.1 Å². The van der Waals surface area contributed by atoms with E-state index in [4.69, 9.17) is 0 Å². The number of fused-ring (bicyclic) bond motifs is 1. The number of carbonyl (C=O) groups is 4. The third-order valence-corrected chi connectivity index (χ3v) is 6.94. The third-order valence-electron chi connectivity index (χ3n) is 6.94. The van der Waals surface area contributed by atoms with Gasteiger partial charge in [-0.15, -0.1) is 0 Å². The van der Waals surface area contributed by atoms with Crippen molar-refractivity contribution in [3.05, 3.63) is 65.7 Å². The van der Waals surface area contributed by atoms with Crippen LogP contribution in [0.1, 0.15) is 47.4 Å². The zero-order valence-electron chi connectivity index (χ0n) is 21.3. The van der Waals surface area contributed by atoms with E-state index in [-0.39, 0.29) is 42.0 Å². The molecule has 2 fully saturated rings. The molecule has 1 N–H and O–H groups in total. The van der Waals surface area contributed by atoms with Crippen LogP contribution < -0.4 is 10.2 Å². The molecule has 2 aliphatic rings. The molecule has 0 saturated carbocycles. The van der Waals surface area contributed by atoms with Gasteiger partial charge in [0, 0.05) is 37.5 Å². The second kappa shape index (κ2) is 10.5. The number of ketones is 1. The topological polar surface area (TPSA) is 90.0 Å². The molecule has 2 aromatic carbocycles. The van der Waals surface area contributed by atoms with Crippen LogP contribution in [0.4, 0.5) is 5.69 Å². The summed E-state index contributed by atoms with van der Waals surface area (Å²) < 4.78 is 0. The van der Waals surface area contributed by atoms with Gasteiger partial charge in [-0.2, -0.15) is 0 Å². The highest BCUT2D eigenvalue weighted by atomic mass is 16.2. The lowest BCUT2D eigenvalue weighted by Crippen LogP contribution is -2.53. The number of benzene rings is 2. The average Bonchev–Trinajstić information content (AvgIpc) is 3.44. The molecule has 3 unspecified atom stereocenters. The lowest BCUT2D eigenvalue weighted by atomic mass is 10.0. The van der Waals surface area contributed by atoms with Crippen molar-refractivity contribution in [3.63, 3.8) is 0 Å². The van der Waals surface area contributed by atoms with Gasteiger partial charge < -0.3 is 20.0 Å². The number of anilines is 1. The summed E-state index contributed by atoms with van der Waals surface area (Å²) in [7, 11) is 3.85. The van der Waals surface area contributed by atoms with E-state index in [0.29, 0.717) is 30.5 Å². The van der Waals surface area contributed by atoms with Crippen LogP contribution in [-0.2, 0) is 9.59 Å². The molecule has 0 spiro atoms. The maximum absolute atomic E-state index is 13.7. The molecule has 2 aliphatic heterocycles. The molecule has 0 aromatic heterocycles. The van der Waals surface area contributed by atoms with E-state index in [0.717, 1.165) is 5.69 Å². The van der Waals surface area contributed by atoms with E-state index in [1.165, 1.54) is 0 Å². The van der Waals surface area contributed by atoms with E-state index in [9.17, 15) is 19.2 Å². The summed E-state index contributed by atoms with van der Waals surface area (Å²) in [5.74, 6) is -0.766. The SMILES string of the molecule is CC(C)CC(NC(=O)c1ccc(N(C)C)cc1)C(=O)N1CCC2C1C(=O)CN2C(=O)c1ccccc1. The van der Waals surface area contributed by atoms with Gasteiger partial charge in [0.1, 0.15) is 12.1 Å². The van der Waals surface area contributed by atoms with Crippen molar-refractivity contribution in [1.29, 1.82) is 0 Å². The summed E-state index contributed by atoms with van der Waals surface area (Å²) >= 11 is 0. The van der Waals surface area contributed by atoms with E-state index in [2.05, 4.69) is 5.32 Å². The molecule has 2 saturated heterocycles. The summed E-state index contributed by atoms with van der Waals surface area (Å²) in [5, 5.41) is 2.91. The molecule has 36 heavy (non-hydrogen) atoms. The van der Waals surface area contributed by atoms with Crippen molar-refractivity contribution in [2.45, 2.75) is 44.8 Å². The monoisotopic (exact) mass is 490 g/mol. The number of Topliss-reactive ketones (excluding diaryl/α,β-unsaturated/α-hetero) is 1. The Kier molecular flexibility index (Phi) is 7.43. The number of likely N-dealkylation sites (tertiary alicyclic amines) is 2. The van der Waals surface area contributed by atoms with Gasteiger partial charge in [0.2, 0.25) is 5.91 Å². The van der Waals surface area contributed by atoms with Crippen LogP contribution in [0.2, 0.25) is 0 Å². The minimum atomic E-state index is -0.753. The van der Waals surface area contributed by atoms with Crippen LogP contribution in [0.15, 0.2) is 54.6 Å². The Morgan fingerprint density at radius 2 is 1.64 bits per heavy atom. The van der Waals surface area contributed by atoms with E-state index in [1.807, 2.05) is 51.0 Å². The molecule has 3 atom stereocenters. The van der Waals surface area contributed by atoms with Crippen molar-refractivity contribution in [2.75, 3.05) is 32.1 Å². The Bertz CT molecular complexity index is 1130. The lowest BCUT2D eigenvalue weighted by Gasteiger charge is -2.29. The average molecular weight is 491 g/mol. The third kappa shape index (κ3) is 5.12. The largest absolute Gasteiger partial charge is 0.378 e. The number of nitrogens with one attached hydrogen (secondary N) is 1. The molecule has 0 radical (unpaired) electrons. The fraction of sp³-hybridized carbons (Fsp3) is 0.429. The lowest BCUT2D eigenvalue weighted by molar-refractivity contribution is -0.138. The molecule has 2 aromatic rings. The first-order valence-electron chi connectivity index (χ1n) is 12.4. The molecular weight excluding hydrogens is 456 g/mol. The number of nitrogens with zero attached hydrogens (tertiary/aromatic N) is 3. The second-order valence-electron chi connectivity index (χ2n) is 10.2. The molecule has 3 amide bonds. The maximum atomic E-state index is 13.7. The van der Waals surface area contributed by atoms with Gasteiger partial charge >= 0.3 is 0 Å². The summed E-state index contributed by atoms with van der Waals surface area (Å²) in [6.07, 6.45) is 0.990. The van der Waals surface area contributed by atoms with Crippen LogP contribution in [0.3, 0.4) is 0 Å². The van der Waals surface area contributed by atoms with Crippen molar-refractivity contribution < 1.29 is 19.2 Å². The first-order chi connectivity index (χ1) is 17.2. The van der Waals surface area contributed by atoms with Gasteiger partial charge in [0.25, 0.3) is 11.8 Å². The molecular formula is C28H34N4O4. The Balaban J connectivity index is 1.50. The van der Waals surface area contributed by atoms with Gasteiger partial charge in [-0.1, -0.05) is 32.0 Å². The maximum Gasteiger partial charge on any atom is 0.254 e. The standard InChI is InChI=1S/C28H34N4O4/c1-18(2)16-22(29-26(34)19-10-12-21(13-11-19)30(3)4)28(36)31-15-14-23-25(31)24(33)17-32(23)27(35)20-8-6-5-7-9-20/h5-13,18,22-23,25H,14-17H2,1-4H3,(H,29,34). The van der Waals surface area contributed by atoms with Gasteiger partial charge in [-0.3, -0.25) is 19.2 Å². The van der Waals surface area contributed by atoms with Crippen molar-refractivity contribution >= 4 is 29.2 Å². The number of carbonyl (C=O) groups excluding carboxylic acids is 4. The van der Waals surface area contributed by atoms with Crippen molar-refractivity contribution in [3.8, 4) is 0 Å². The second-order valence-corrected chi connectivity index (χ2v) is 10.2.